The number of H-pyrrole nitrogens is 1. The van der Waals surface area contributed by atoms with Crippen LogP contribution in [0, 0.1) is 5.82 Å². The van der Waals surface area contributed by atoms with Gasteiger partial charge in [0.15, 0.2) is 4.73 Å². The van der Waals surface area contributed by atoms with Crippen LogP contribution >= 0.6 is 15.9 Å². The van der Waals surface area contributed by atoms with E-state index in [0.29, 0.717) is 22.5 Å². The average Bonchev–Trinajstić information content (AvgIpc) is 2.61. The minimum Gasteiger partial charge on any atom is -0.335 e. The Labute approximate surface area is 101 Å². The zero-order chi connectivity index (χ0) is 11.5. The Morgan fingerprint density at radius 1 is 1.44 bits per heavy atom. The predicted molar refractivity (Wildman–Crippen MR) is 64.4 cm³/mol. The summed E-state index contributed by atoms with van der Waals surface area (Å²) < 4.78 is 14.2. The lowest BCUT2D eigenvalue weighted by Gasteiger charge is -2.02. The third-order valence-electron chi connectivity index (χ3n) is 2.23. The molecule has 0 unspecified atom stereocenters. The first-order valence-electron chi connectivity index (χ1n) is 4.86. The molecule has 0 spiro atoms. The first-order chi connectivity index (χ1) is 7.72. The molecule has 2 aromatic rings. The second-order valence-electron chi connectivity index (χ2n) is 3.36. The minimum absolute atomic E-state index is 0.265. The van der Waals surface area contributed by atoms with Crippen LogP contribution in [0.15, 0.2) is 29.0 Å². The first kappa shape index (κ1) is 11.3. The summed E-state index contributed by atoms with van der Waals surface area (Å²) in [7, 11) is 1.83. The summed E-state index contributed by atoms with van der Waals surface area (Å²) in [6.07, 6.45) is 0. The van der Waals surface area contributed by atoms with Gasteiger partial charge in [-0.05, 0) is 35.1 Å². The number of halogens is 2. The van der Waals surface area contributed by atoms with Crippen LogP contribution in [0.1, 0.15) is 5.69 Å². The fourth-order valence-electron chi connectivity index (χ4n) is 1.56. The summed E-state index contributed by atoms with van der Waals surface area (Å²) >= 11 is 3.26. The van der Waals surface area contributed by atoms with Crippen LogP contribution in [0.25, 0.3) is 11.3 Å². The van der Waals surface area contributed by atoms with E-state index in [4.69, 9.17) is 0 Å². The summed E-state index contributed by atoms with van der Waals surface area (Å²) in [5.41, 5.74) is 2.01. The van der Waals surface area contributed by atoms with Crippen LogP contribution in [0.3, 0.4) is 0 Å². The summed E-state index contributed by atoms with van der Waals surface area (Å²) in [5.74, 6) is -0.265. The fourth-order valence-corrected chi connectivity index (χ4v) is 1.97. The quantitative estimate of drug-likeness (QED) is 0.909. The van der Waals surface area contributed by atoms with Gasteiger partial charge >= 0.3 is 0 Å². The number of hydrogen-bond acceptors (Lipinski definition) is 2. The van der Waals surface area contributed by atoms with E-state index in [-0.39, 0.29) is 5.82 Å². The van der Waals surface area contributed by atoms with Crippen LogP contribution in [-0.2, 0) is 6.54 Å². The molecule has 3 nitrogen and oxygen atoms in total. The lowest BCUT2D eigenvalue weighted by Crippen LogP contribution is -2.06. The molecule has 0 aliphatic heterocycles. The van der Waals surface area contributed by atoms with Gasteiger partial charge in [-0.15, -0.1) is 0 Å². The van der Waals surface area contributed by atoms with Crippen LogP contribution in [0.5, 0.6) is 0 Å². The van der Waals surface area contributed by atoms with Gasteiger partial charge in [-0.2, -0.15) is 0 Å². The van der Waals surface area contributed by atoms with Crippen molar-refractivity contribution < 1.29 is 4.39 Å². The molecule has 5 heteroatoms. The summed E-state index contributed by atoms with van der Waals surface area (Å²) in [4.78, 5) is 7.29. The van der Waals surface area contributed by atoms with Gasteiger partial charge in [0.05, 0.1) is 11.4 Å². The van der Waals surface area contributed by atoms with E-state index >= 15 is 0 Å². The smallest absolute Gasteiger partial charge is 0.175 e. The van der Waals surface area contributed by atoms with Crippen molar-refractivity contribution in [3.05, 3.63) is 40.5 Å². The molecule has 0 aliphatic rings. The molecule has 0 radical (unpaired) electrons. The molecule has 0 fully saturated rings. The molecule has 16 heavy (non-hydrogen) atoms. The molecule has 1 aromatic heterocycles. The Morgan fingerprint density at radius 3 is 2.88 bits per heavy atom. The van der Waals surface area contributed by atoms with E-state index in [9.17, 15) is 4.39 Å². The Morgan fingerprint density at radius 2 is 2.19 bits per heavy atom. The molecule has 1 heterocycles. The van der Waals surface area contributed by atoms with Crippen LogP contribution in [-0.4, -0.2) is 17.0 Å². The van der Waals surface area contributed by atoms with E-state index in [1.807, 2.05) is 7.05 Å². The highest BCUT2D eigenvalue weighted by Gasteiger charge is 2.13. The molecule has 0 aliphatic carbocycles. The largest absolute Gasteiger partial charge is 0.335 e. The maximum atomic E-state index is 13.6. The maximum absolute atomic E-state index is 13.6. The van der Waals surface area contributed by atoms with E-state index in [2.05, 4.69) is 31.2 Å². The minimum atomic E-state index is -0.265. The summed E-state index contributed by atoms with van der Waals surface area (Å²) in [6, 6.07) is 6.61. The van der Waals surface area contributed by atoms with E-state index < -0.39 is 0 Å². The molecular weight excluding hydrogens is 273 g/mol. The highest BCUT2D eigenvalue weighted by Crippen LogP contribution is 2.25. The number of benzene rings is 1. The van der Waals surface area contributed by atoms with Crippen molar-refractivity contribution in [3.8, 4) is 11.3 Å². The lowest BCUT2D eigenvalue weighted by molar-refractivity contribution is 0.630. The molecular formula is C11H11BrFN3. The zero-order valence-corrected chi connectivity index (χ0v) is 10.3. The van der Waals surface area contributed by atoms with Crippen LogP contribution in [0.2, 0.25) is 0 Å². The second kappa shape index (κ2) is 4.76. The Balaban J connectivity index is 2.51. The van der Waals surface area contributed by atoms with Gasteiger partial charge in [0.2, 0.25) is 0 Å². The summed E-state index contributed by atoms with van der Waals surface area (Å²) in [6.45, 7) is 0.613. The molecule has 0 atom stereocenters. The van der Waals surface area contributed by atoms with Crippen molar-refractivity contribution in [2.75, 3.05) is 7.05 Å². The van der Waals surface area contributed by atoms with E-state index in [1.54, 1.807) is 18.2 Å². The van der Waals surface area contributed by atoms with Gasteiger partial charge in [-0.25, -0.2) is 9.37 Å². The number of rotatable bonds is 3. The molecule has 0 amide bonds. The van der Waals surface area contributed by atoms with E-state index in [1.165, 1.54) is 6.07 Å². The lowest BCUT2D eigenvalue weighted by atomic mass is 10.1. The molecule has 0 saturated heterocycles. The van der Waals surface area contributed by atoms with Gasteiger partial charge in [0.25, 0.3) is 0 Å². The highest BCUT2D eigenvalue weighted by atomic mass is 79.9. The number of nitrogens with one attached hydrogen (secondary N) is 2. The summed E-state index contributed by atoms with van der Waals surface area (Å²) in [5, 5.41) is 3.01. The van der Waals surface area contributed by atoms with Crippen LogP contribution in [0.4, 0.5) is 4.39 Å². The second-order valence-corrected chi connectivity index (χ2v) is 4.12. The number of nitrogens with zero attached hydrogens (tertiary/aromatic N) is 1. The van der Waals surface area contributed by atoms with E-state index in [0.717, 1.165) is 5.69 Å². The third kappa shape index (κ3) is 2.15. The van der Waals surface area contributed by atoms with Gasteiger partial charge in [-0.1, -0.05) is 12.1 Å². The molecule has 2 N–H and O–H groups in total. The Hall–Kier alpha value is -1.20. The Kier molecular flexibility index (Phi) is 3.36. The Bertz CT molecular complexity index is 496. The van der Waals surface area contributed by atoms with Crippen molar-refractivity contribution in [2.24, 2.45) is 0 Å². The van der Waals surface area contributed by atoms with Gasteiger partial charge < -0.3 is 10.3 Å². The van der Waals surface area contributed by atoms with Crippen molar-refractivity contribution in [3.63, 3.8) is 0 Å². The molecule has 0 saturated carbocycles. The SMILES string of the molecule is CNCc1[nH]c(Br)nc1-c1ccccc1F. The highest BCUT2D eigenvalue weighted by molar-refractivity contribution is 9.10. The standard InChI is InChI=1S/C11H11BrFN3/c1-14-6-9-10(16-11(12)15-9)7-4-2-3-5-8(7)13/h2-5,14H,6H2,1H3,(H,15,16). The number of aromatic nitrogens is 2. The zero-order valence-electron chi connectivity index (χ0n) is 8.72. The topological polar surface area (TPSA) is 40.7 Å². The van der Waals surface area contributed by atoms with Crippen molar-refractivity contribution in [2.45, 2.75) is 6.54 Å². The van der Waals surface area contributed by atoms with Gasteiger partial charge in [0.1, 0.15) is 5.82 Å². The van der Waals surface area contributed by atoms with Gasteiger partial charge in [-0.3, -0.25) is 0 Å². The number of aromatic amines is 1. The number of hydrogen-bond donors (Lipinski definition) is 2. The average molecular weight is 284 g/mol. The molecule has 2 rings (SSSR count). The maximum Gasteiger partial charge on any atom is 0.175 e. The van der Waals surface area contributed by atoms with Crippen molar-refractivity contribution in [1.82, 2.24) is 15.3 Å². The number of imidazole rings is 1. The normalized spacial score (nSPS) is 10.7. The monoisotopic (exact) mass is 283 g/mol. The molecule has 0 bridgehead atoms. The first-order valence-corrected chi connectivity index (χ1v) is 5.65. The third-order valence-corrected chi connectivity index (χ3v) is 2.61. The predicted octanol–water partition coefficient (Wildman–Crippen LogP) is 2.70. The molecule has 84 valence electrons. The van der Waals surface area contributed by atoms with Gasteiger partial charge in [0, 0.05) is 12.1 Å². The fraction of sp³-hybridized carbons (Fsp3) is 0.182. The van der Waals surface area contributed by atoms with Crippen LogP contribution < -0.4 is 5.32 Å². The van der Waals surface area contributed by atoms with Crippen molar-refractivity contribution in [1.29, 1.82) is 0 Å². The van der Waals surface area contributed by atoms with Crippen molar-refractivity contribution >= 4 is 15.9 Å². The molecule has 1 aromatic carbocycles.